The van der Waals surface area contributed by atoms with E-state index in [0.717, 1.165) is 16.6 Å². The predicted octanol–water partition coefficient (Wildman–Crippen LogP) is 2.83. The Morgan fingerprint density at radius 3 is 2.67 bits per heavy atom. The van der Waals surface area contributed by atoms with Crippen molar-refractivity contribution in [2.75, 3.05) is 18.6 Å². The summed E-state index contributed by atoms with van der Waals surface area (Å²) in [5, 5.41) is 5.66. The van der Waals surface area contributed by atoms with E-state index in [1.807, 2.05) is 25.3 Å². The number of benzene rings is 1. The van der Waals surface area contributed by atoms with Gasteiger partial charge in [-0.25, -0.2) is 0 Å². The maximum absolute atomic E-state index is 12.3. The Balaban J connectivity index is 2.73. The number of thioether (sulfide) groups is 1. The van der Waals surface area contributed by atoms with Gasteiger partial charge in [-0.05, 0) is 52.9 Å². The number of nitrogens with one attached hydrogen (secondary N) is 2. The fourth-order valence-electron chi connectivity index (χ4n) is 1.76. The summed E-state index contributed by atoms with van der Waals surface area (Å²) < 4.78 is 0.722. The SMILES string of the molecule is CCCNC(=O)[C@@H](CCSC)NC(=O)c1ccccc1Br. The van der Waals surface area contributed by atoms with Crippen LogP contribution in [0.4, 0.5) is 0 Å². The number of hydrogen-bond donors (Lipinski definition) is 2. The van der Waals surface area contributed by atoms with Gasteiger partial charge in [0.25, 0.3) is 5.91 Å². The normalized spacial score (nSPS) is 11.8. The molecule has 1 aromatic rings. The summed E-state index contributed by atoms with van der Waals surface area (Å²) in [6.07, 6.45) is 3.47. The third kappa shape index (κ3) is 6.09. The van der Waals surface area contributed by atoms with E-state index in [1.165, 1.54) is 0 Å². The van der Waals surface area contributed by atoms with Crippen molar-refractivity contribution in [1.82, 2.24) is 10.6 Å². The molecule has 0 bridgehead atoms. The molecule has 1 rings (SSSR count). The summed E-state index contributed by atoms with van der Waals surface area (Å²) in [4.78, 5) is 24.4. The van der Waals surface area contributed by atoms with Crippen LogP contribution in [0.2, 0.25) is 0 Å². The van der Waals surface area contributed by atoms with E-state index in [-0.39, 0.29) is 11.8 Å². The second kappa shape index (κ2) is 9.84. The van der Waals surface area contributed by atoms with Crippen LogP contribution in [-0.2, 0) is 4.79 Å². The number of carbonyl (C=O) groups is 2. The molecular weight excluding hydrogens is 352 g/mol. The van der Waals surface area contributed by atoms with Crippen LogP contribution in [-0.4, -0.2) is 36.4 Å². The van der Waals surface area contributed by atoms with E-state index in [2.05, 4.69) is 26.6 Å². The van der Waals surface area contributed by atoms with Crippen molar-refractivity contribution >= 4 is 39.5 Å². The lowest BCUT2D eigenvalue weighted by atomic mass is 10.1. The summed E-state index contributed by atoms with van der Waals surface area (Å²) >= 11 is 5.01. The van der Waals surface area contributed by atoms with Gasteiger partial charge < -0.3 is 10.6 Å². The van der Waals surface area contributed by atoms with Gasteiger partial charge in [0, 0.05) is 11.0 Å². The summed E-state index contributed by atoms with van der Waals surface area (Å²) in [5.74, 6) is 0.465. The Kier molecular flexibility index (Phi) is 8.45. The van der Waals surface area contributed by atoms with Crippen molar-refractivity contribution < 1.29 is 9.59 Å². The smallest absolute Gasteiger partial charge is 0.253 e. The van der Waals surface area contributed by atoms with Crippen molar-refractivity contribution in [3.05, 3.63) is 34.3 Å². The zero-order valence-electron chi connectivity index (χ0n) is 12.3. The summed E-state index contributed by atoms with van der Waals surface area (Å²) in [6, 6.07) is 6.69. The zero-order valence-corrected chi connectivity index (χ0v) is 14.7. The lowest BCUT2D eigenvalue weighted by molar-refractivity contribution is -0.123. The predicted molar refractivity (Wildman–Crippen MR) is 91.7 cm³/mol. The summed E-state index contributed by atoms with van der Waals surface area (Å²) in [7, 11) is 0. The molecule has 0 aliphatic carbocycles. The van der Waals surface area contributed by atoms with Crippen LogP contribution in [0, 0.1) is 0 Å². The molecule has 4 nitrogen and oxygen atoms in total. The minimum atomic E-state index is -0.497. The number of carbonyl (C=O) groups excluding carboxylic acids is 2. The highest BCUT2D eigenvalue weighted by atomic mass is 79.9. The fraction of sp³-hybridized carbons (Fsp3) is 0.467. The lowest BCUT2D eigenvalue weighted by Crippen LogP contribution is -2.47. The van der Waals surface area contributed by atoms with Gasteiger partial charge in [-0.15, -0.1) is 0 Å². The molecule has 0 spiro atoms. The molecule has 0 aliphatic heterocycles. The maximum atomic E-state index is 12.3. The Bertz CT molecular complexity index is 482. The number of rotatable bonds is 8. The molecule has 0 fully saturated rings. The lowest BCUT2D eigenvalue weighted by Gasteiger charge is -2.18. The second-order valence-corrected chi connectivity index (χ2v) is 6.42. The highest BCUT2D eigenvalue weighted by Gasteiger charge is 2.21. The van der Waals surface area contributed by atoms with Gasteiger partial charge in [0.05, 0.1) is 5.56 Å². The Labute approximate surface area is 138 Å². The zero-order chi connectivity index (χ0) is 15.7. The molecule has 116 valence electrons. The number of halogens is 1. The average Bonchev–Trinajstić information content (AvgIpc) is 2.49. The monoisotopic (exact) mass is 372 g/mol. The summed E-state index contributed by atoms with van der Waals surface area (Å²) in [6.45, 7) is 2.62. The van der Waals surface area contributed by atoms with Gasteiger partial charge in [-0.3, -0.25) is 9.59 Å². The van der Waals surface area contributed by atoms with Gasteiger partial charge in [-0.1, -0.05) is 19.1 Å². The van der Waals surface area contributed by atoms with E-state index in [9.17, 15) is 9.59 Å². The third-order valence-corrected chi connectivity index (χ3v) is 4.24. The number of hydrogen-bond acceptors (Lipinski definition) is 3. The van der Waals surface area contributed by atoms with Gasteiger partial charge in [0.15, 0.2) is 0 Å². The molecule has 0 saturated carbocycles. The van der Waals surface area contributed by atoms with Crippen molar-refractivity contribution in [3.63, 3.8) is 0 Å². The largest absolute Gasteiger partial charge is 0.354 e. The maximum Gasteiger partial charge on any atom is 0.253 e. The molecule has 6 heteroatoms. The van der Waals surface area contributed by atoms with E-state index < -0.39 is 6.04 Å². The molecule has 0 heterocycles. The first-order valence-corrected chi connectivity index (χ1v) is 9.10. The minimum absolute atomic E-state index is 0.119. The molecule has 2 N–H and O–H groups in total. The van der Waals surface area contributed by atoms with Crippen molar-refractivity contribution in [3.8, 4) is 0 Å². The molecule has 0 aromatic heterocycles. The van der Waals surface area contributed by atoms with Gasteiger partial charge in [0.1, 0.15) is 6.04 Å². The molecule has 0 saturated heterocycles. The first-order valence-electron chi connectivity index (χ1n) is 6.92. The Morgan fingerprint density at radius 2 is 2.05 bits per heavy atom. The van der Waals surface area contributed by atoms with Crippen LogP contribution >= 0.6 is 27.7 Å². The van der Waals surface area contributed by atoms with Crippen molar-refractivity contribution in [2.45, 2.75) is 25.8 Å². The molecular formula is C15H21BrN2O2S. The van der Waals surface area contributed by atoms with Gasteiger partial charge in [0.2, 0.25) is 5.91 Å². The third-order valence-electron chi connectivity index (χ3n) is 2.90. The van der Waals surface area contributed by atoms with Crippen LogP contribution in [0.15, 0.2) is 28.7 Å². The average molecular weight is 373 g/mol. The topological polar surface area (TPSA) is 58.2 Å². The van der Waals surface area contributed by atoms with Gasteiger partial charge in [-0.2, -0.15) is 11.8 Å². The fourth-order valence-corrected chi connectivity index (χ4v) is 2.69. The molecule has 2 amide bonds. The highest BCUT2D eigenvalue weighted by molar-refractivity contribution is 9.10. The highest BCUT2D eigenvalue weighted by Crippen LogP contribution is 2.16. The molecule has 21 heavy (non-hydrogen) atoms. The van der Waals surface area contributed by atoms with Crippen LogP contribution < -0.4 is 10.6 Å². The van der Waals surface area contributed by atoms with E-state index in [4.69, 9.17) is 0 Å². The summed E-state index contributed by atoms with van der Waals surface area (Å²) in [5.41, 5.74) is 0.537. The standard InChI is InChI=1S/C15H21BrN2O2S/c1-3-9-17-15(20)13(8-10-21-2)18-14(19)11-6-4-5-7-12(11)16/h4-7,13H,3,8-10H2,1-2H3,(H,17,20)(H,18,19)/t13-/m1/s1. The van der Waals surface area contributed by atoms with E-state index in [1.54, 1.807) is 23.9 Å². The van der Waals surface area contributed by atoms with Crippen LogP contribution in [0.25, 0.3) is 0 Å². The molecule has 0 unspecified atom stereocenters. The van der Waals surface area contributed by atoms with Crippen LogP contribution in [0.1, 0.15) is 30.1 Å². The minimum Gasteiger partial charge on any atom is -0.354 e. The first-order chi connectivity index (χ1) is 10.1. The quantitative estimate of drug-likeness (QED) is 0.737. The molecule has 1 aromatic carbocycles. The molecule has 0 aliphatic rings. The number of amides is 2. The molecule has 0 radical (unpaired) electrons. The first kappa shape index (κ1) is 18.0. The van der Waals surface area contributed by atoms with Crippen LogP contribution in [0.5, 0.6) is 0 Å². The molecule has 1 atom stereocenters. The Hall–Kier alpha value is -1.01. The van der Waals surface area contributed by atoms with Crippen LogP contribution in [0.3, 0.4) is 0 Å². The van der Waals surface area contributed by atoms with E-state index in [0.29, 0.717) is 18.5 Å². The second-order valence-electron chi connectivity index (χ2n) is 4.58. The van der Waals surface area contributed by atoms with Gasteiger partial charge >= 0.3 is 0 Å². The van der Waals surface area contributed by atoms with E-state index >= 15 is 0 Å². The Morgan fingerprint density at radius 1 is 1.33 bits per heavy atom. The van der Waals surface area contributed by atoms with Crippen molar-refractivity contribution in [1.29, 1.82) is 0 Å². The van der Waals surface area contributed by atoms with Crippen molar-refractivity contribution in [2.24, 2.45) is 0 Å².